The molecule has 9 heteroatoms. The van der Waals surface area contributed by atoms with Crippen molar-refractivity contribution in [2.45, 2.75) is 19.9 Å². The van der Waals surface area contributed by atoms with Gasteiger partial charge < -0.3 is 10.1 Å². The van der Waals surface area contributed by atoms with Crippen LogP contribution in [0.1, 0.15) is 13.8 Å². The van der Waals surface area contributed by atoms with E-state index < -0.39 is 12.0 Å². The largest absolute Gasteiger partial charge is 0.467 e. The molecule has 0 fully saturated rings. The molecule has 1 N–H and O–H groups in total. The Labute approximate surface area is 126 Å². The van der Waals surface area contributed by atoms with E-state index in [-0.39, 0.29) is 17.1 Å². The third kappa shape index (κ3) is 3.66. The molecule has 0 saturated carbocycles. The van der Waals surface area contributed by atoms with Crippen molar-refractivity contribution in [3.8, 4) is 5.95 Å². The van der Waals surface area contributed by atoms with Crippen LogP contribution in [0.5, 0.6) is 0 Å². The lowest BCUT2D eigenvalue weighted by Crippen LogP contribution is -2.36. The molecule has 0 bridgehead atoms. The highest BCUT2D eigenvalue weighted by atomic mass is 35.5. The van der Waals surface area contributed by atoms with Gasteiger partial charge in [-0.3, -0.25) is 4.57 Å². The summed E-state index contributed by atoms with van der Waals surface area (Å²) < 4.78 is 6.34. The van der Waals surface area contributed by atoms with Gasteiger partial charge in [-0.25, -0.2) is 9.78 Å². The quantitative estimate of drug-likeness (QED) is 0.832. The highest BCUT2D eigenvalue weighted by Crippen LogP contribution is 2.14. The summed E-state index contributed by atoms with van der Waals surface area (Å²) in [6.45, 7) is 3.77. The minimum atomic E-state index is -0.580. The second-order valence-electron chi connectivity index (χ2n) is 4.59. The molecular weight excluding hydrogens is 296 g/mol. The molecule has 0 spiro atoms. The number of ether oxygens (including phenoxy) is 1. The Morgan fingerprint density at radius 2 is 2.14 bits per heavy atom. The summed E-state index contributed by atoms with van der Waals surface area (Å²) in [4.78, 5) is 27.9. The van der Waals surface area contributed by atoms with Gasteiger partial charge in [-0.05, 0) is 17.5 Å². The zero-order chi connectivity index (χ0) is 15.4. The average molecular weight is 311 g/mol. The molecule has 0 amide bonds. The van der Waals surface area contributed by atoms with Crippen molar-refractivity contribution in [2.24, 2.45) is 5.92 Å². The Bertz CT molecular complexity index is 616. The Morgan fingerprint density at radius 1 is 1.38 bits per heavy atom. The number of hydrogen-bond acceptors (Lipinski definition) is 7. The van der Waals surface area contributed by atoms with Crippen molar-refractivity contribution < 1.29 is 9.53 Å². The second kappa shape index (κ2) is 6.49. The maximum atomic E-state index is 11.8. The fourth-order valence-corrected chi connectivity index (χ4v) is 1.82. The molecule has 0 radical (unpaired) electrons. The van der Waals surface area contributed by atoms with E-state index in [0.717, 1.165) is 0 Å². The summed E-state index contributed by atoms with van der Waals surface area (Å²) in [6, 6.07) is -0.580. The van der Waals surface area contributed by atoms with Gasteiger partial charge in [0.1, 0.15) is 12.4 Å². The lowest BCUT2D eigenvalue weighted by Gasteiger charge is -2.19. The van der Waals surface area contributed by atoms with Gasteiger partial charge in [0.05, 0.1) is 7.11 Å². The number of nitrogens with one attached hydrogen (secondary N) is 1. The molecule has 21 heavy (non-hydrogen) atoms. The predicted octanol–water partition coefficient (Wildman–Crippen LogP) is 1.32. The smallest absolute Gasteiger partial charge is 0.328 e. The standard InChI is InChI=1S/C12H15ClN6O2/c1-7(2)8(9(20)21-3)15-11-16-10(13)17-12(18-11)19-5-4-14-6-19/h4-8H,1-3H3,(H,15,16,17,18). The van der Waals surface area contributed by atoms with E-state index in [0.29, 0.717) is 5.95 Å². The van der Waals surface area contributed by atoms with E-state index >= 15 is 0 Å². The van der Waals surface area contributed by atoms with Crippen LogP contribution in [0.2, 0.25) is 5.28 Å². The fourth-order valence-electron chi connectivity index (χ4n) is 1.66. The number of methoxy groups -OCH3 is 1. The molecule has 0 aliphatic heterocycles. The van der Waals surface area contributed by atoms with Gasteiger partial charge >= 0.3 is 5.97 Å². The molecule has 1 unspecified atom stereocenters. The number of carbonyl (C=O) groups is 1. The number of carbonyl (C=O) groups excluding carboxylic acids is 1. The second-order valence-corrected chi connectivity index (χ2v) is 4.93. The van der Waals surface area contributed by atoms with E-state index in [1.165, 1.54) is 13.4 Å². The number of imidazole rings is 1. The first-order chi connectivity index (χ1) is 10.0. The first-order valence-electron chi connectivity index (χ1n) is 6.25. The Balaban J connectivity index is 2.29. The average Bonchev–Trinajstić information content (AvgIpc) is 2.97. The molecule has 112 valence electrons. The van der Waals surface area contributed by atoms with Gasteiger partial charge in [-0.2, -0.15) is 15.0 Å². The summed E-state index contributed by atoms with van der Waals surface area (Å²) in [6.07, 6.45) is 4.81. The van der Waals surface area contributed by atoms with Crippen LogP contribution in [0, 0.1) is 5.92 Å². The van der Waals surface area contributed by atoms with Crippen molar-refractivity contribution in [1.29, 1.82) is 0 Å². The maximum absolute atomic E-state index is 11.8. The maximum Gasteiger partial charge on any atom is 0.328 e. The van der Waals surface area contributed by atoms with Crippen molar-refractivity contribution in [3.05, 3.63) is 24.0 Å². The molecule has 8 nitrogen and oxygen atoms in total. The van der Waals surface area contributed by atoms with Gasteiger partial charge in [0.2, 0.25) is 17.2 Å². The number of rotatable bonds is 5. The first kappa shape index (κ1) is 15.2. The molecule has 2 aromatic heterocycles. The molecule has 2 rings (SSSR count). The first-order valence-corrected chi connectivity index (χ1v) is 6.63. The minimum Gasteiger partial charge on any atom is -0.467 e. The topological polar surface area (TPSA) is 94.8 Å². The summed E-state index contributed by atoms with van der Waals surface area (Å²) in [5.41, 5.74) is 0. The van der Waals surface area contributed by atoms with Crippen LogP contribution in [0.15, 0.2) is 18.7 Å². The molecule has 0 aliphatic rings. The molecule has 0 saturated heterocycles. The molecular formula is C12H15ClN6O2. The zero-order valence-corrected chi connectivity index (χ0v) is 12.6. The van der Waals surface area contributed by atoms with E-state index in [1.807, 2.05) is 13.8 Å². The Morgan fingerprint density at radius 3 is 2.71 bits per heavy atom. The predicted molar refractivity (Wildman–Crippen MR) is 76.2 cm³/mol. The van der Waals surface area contributed by atoms with E-state index in [2.05, 4.69) is 25.3 Å². The Hall–Kier alpha value is -2.22. The number of halogens is 1. The van der Waals surface area contributed by atoms with Crippen molar-refractivity contribution >= 4 is 23.5 Å². The van der Waals surface area contributed by atoms with Crippen LogP contribution in [0.4, 0.5) is 5.95 Å². The summed E-state index contributed by atoms with van der Waals surface area (Å²) in [5, 5.41) is 2.93. The van der Waals surface area contributed by atoms with Crippen LogP contribution in [0.3, 0.4) is 0 Å². The van der Waals surface area contributed by atoms with Gasteiger partial charge in [0.15, 0.2) is 0 Å². The van der Waals surface area contributed by atoms with Gasteiger partial charge in [-0.15, -0.1) is 0 Å². The van der Waals surface area contributed by atoms with Crippen LogP contribution in [-0.2, 0) is 9.53 Å². The van der Waals surface area contributed by atoms with E-state index in [4.69, 9.17) is 16.3 Å². The molecule has 1 atom stereocenters. The summed E-state index contributed by atoms with van der Waals surface area (Å²) in [5.74, 6) is 0.0978. The minimum absolute atomic E-state index is 0.00955. The molecule has 2 heterocycles. The monoisotopic (exact) mass is 310 g/mol. The van der Waals surface area contributed by atoms with Crippen LogP contribution < -0.4 is 5.32 Å². The lowest BCUT2D eigenvalue weighted by molar-refractivity contribution is -0.142. The molecule has 0 aromatic carbocycles. The summed E-state index contributed by atoms with van der Waals surface area (Å²) in [7, 11) is 1.33. The van der Waals surface area contributed by atoms with Crippen LogP contribution in [-0.4, -0.2) is 43.6 Å². The fraction of sp³-hybridized carbons (Fsp3) is 0.417. The number of hydrogen-bond donors (Lipinski definition) is 1. The van der Waals surface area contributed by atoms with Crippen LogP contribution >= 0.6 is 11.6 Å². The third-order valence-electron chi connectivity index (χ3n) is 2.74. The number of anilines is 1. The summed E-state index contributed by atoms with van der Waals surface area (Å²) >= 11 is 5.89. The van der Waals surface area contributed by atoms with E-state index in [1.54, 1.807) is 17.0 Å². The van der Waals surface area contributed by atoms with Crippen molar-refractivity contribution in [1.82, 2.24) is 24.5 Å². The Kier molecular flexibility index (Phi) is 4.69. The lowest BCUT2D eigenvalue weighted by atomic mass is 10.1. The zero-order valence-electron chi connectivity index (χ0n) is 11.8. The SMILES string of the molecule is COC(=O)C(Nc1nc(Cl)nc(-n2ccnc2)n1)C(C)C. The van der Waals surface area contributed by atoms with Crippen molar-refractivity contribution in [3.63, 3.8) is 0 Å². The number of nitrogens with zero attached hydrogens (tertiary/aromatic N) is 5. The van der Waals surface area contributed by atoms with Gasteiger partial charge in [-0.1, -0.05) is 13.8 Å². The normalized spacial score (nSPS) is 12.2. The third-order valence-corrected chi connectivity index (χ3v) is 2.91. The van der Waals surface area contributed by atoms with Gasteiger partial charge in [0, 0.05) is 12.4 Å². The number of esters is 1. The van der Waals surface area contributed by atoms with Gasteiger partial charge in [0.25, 0.3) is 0 Å². The molecule has 0 aliphatic carbocycles. The van der Waals surface area contributed by atoms with Crippen molar-refractivity contribution in [2.75, 3.05) is 12.4 Å². The molecule has 2 aromatic rings. The highest BCUT2D eigenvalue weighted by Gasteiger charge is 2.24. The highest BCUT2D eigenvalue weighted by molar-refractivity contribution is 6.28. The number of aromatic nitrogens is 5. The van der Waals surface area contributed by atoms with Crippen LogP contribution in [0.25, 0.3) is 5.95 Å². The van der Waals surface area contributed by atoms with E-state index in [9.17, 15) is 4.79 Å².